The minimum atomic E-state index is -0.669. The van der Waals surface area contributed by atoms with Crippen molar-refractivity contribution in [3.63, 3.8) is 0 Å². The number of carbonyl (C=O) groups is 2. The van der Waals surface area contributed by atoms with Gasteiger partial charge < -0.3 is 20.3 Å². The molecule has 0 aromatic carbocycles. The fraction of sp³-hybridized carbons (Fsp3) is 0.902. The third-order valence-electron chi connectivity index (χ3n) is 14.0. The molecule has 3 N–H and O–H groups in total. The number of allylic oxidation sites excluding steroid dienone is 4. The zero-order valence-electron chi connectivity index (χ0n) is 45.1. The van der Waals surface area contributed by atoms with E-state index in [4.69, 9.17) is 4.74 Å². The third-order valence-corrected chi connectivity index (χ3v) is 14.0. The summed E-state index contributed by atoms with van der Waals surface area (Å²) in [7, 11) is 0. The van der Waals surface area contributed by atoms with E-state index in [-0.39, 0.29) is 18.5 Å². The second kappa shape index (κ2) is 56.9. The molecule has 2 atom stereocenters. The Morgan fingerprint density at radius 1 is 0.418 bits per heavy atom. The van der Waals surface area contributed by atoms with Gasteiger partial charge in [-0.05, 0) is 57.8 Å². The zero-order chi connectivity index (χ0) is 48.6. The van der Waals surface area contributed by atoms with E-state index in [1.165, 1.54) is 244 Å². The Morgan fingerprint density at radius 3 is 1.13 bits per heavy atom. The van der Waals surface area contributed by atoms with Crippen LogP contribution in [0.4, 0.5) is 0 Å². The summed E-state index contributed by atoms with van der Waals surface area (Å²) >= 11 is 0. The lowest BCUT2D eigenvalue weighted by Crippen LogP contribution is -2.45. The van der Waals surface area contributed by atoms with Gasteiger partial charge in [-0.15, -0.1) is 0 Å². The molecule has 2 unspecified atom stereocenters. The van der Waals surface area contributed by atoms with Crippen LogP contribution in [0.25, 0.3) is 0 Å². The van der Waals surface area contributed by atoms with Gasteiger partial charge in [0.1, 0.15) is 0 Å². The predicted molar refractivity (Wildman–Crippen MR) is 292 cm³/mol. The van der Waals surface area contributed by atoms with Crippen LogP contribution in [0.5, 0.6) is 0 Å². The Morgan fingerprint density at radius 2 is 0.746 bits per heavy atom. The largest absolute Gasteiger partial charge is 0.466 e. The maximum Gasteiger partial charge on any atom is 0.305 e. The smallest absolute Gasteiger partial charge is 0.305 e. The van der Waals surface area contributed by atoms with Crippen LogP contribution < -0.4 is 5.32 Å². The standard InChI is InChI=1S/C61H117NO5/c1-3-5-7-9-11-13-15-16-17-28-31-35-39-43-47-51-55-61(66)67-56-52-48-44-40-36-32-29-26-24-22-20-18-19-21-23-25-27-30-34-38-42-46-50-54-60(65)62-58(57-63)59(64)53-49-45-41-37-33-14-12-10-8-6-4-2/h18,20-21,23,58-59,63-64H,3-17,19,22,24-57H2,1-2H3,(H,62,65)/b20-18-,23-21-. The second-order valence-electron chi connectivity index (χ2n) is 20.7. The molecule has 0 saturated carbocycles. The number of aliphatic hydroxyl groups excluding tert-OH is 2. The van der Waals surface area contributed by atoms with Crippen molar-refractivity contribution >= 4 is 11.9 Å². The lowest BCUT2D eigenvalue weighted by atomic mass is 10.0. The van der Waals surface area contributed by atoms with E-state index in [1.54, 1.807) is 0 Å². The summed E-state index contributed by atoms with van der Waals surface area (Å²) in [4.78, 5) is 24.5. The van der Waals surface area contributed by atoms with Gasteiger partial charge in [0.15, 0.2) is 0 Å². The van der Waals surface area contributed by atoms with Crippen LogP contribution >= 0.6 is 0 Å². The molecule has 0 spiro atoms. The lowest BCUT2D eigenvalue weighted by Gasteiger charge is -2.22. The van der Waals surface area contributed by atoms with E-state index < -0.39 is 12.1 Å². The maximum absolute atomic E-state index is 12.4. The van der Waals surface area contributed by atoms with E-state index in [0.717, 1.165) is 51.4 Å². The Hall–Kier alpha value is -1.66. The summed E-state index contributed by atoms with van der Waals surface area (Å²) < 4.78 is 5.49. The summed E-state index contributed by atoms with van der Waals surface area (Å²) in [5.74, 6) is -0.0351. The highest BCUT2D eigenvalue weighted by atomic mass is 16.5. The Bertz CT molecular complexity index is 1040. The number of rotatable bonds is 56. The predicted octanol–water partition coefficient (Wildman–Crippen LogP) is 18.6. The molecule has 1 amide bonds. The Labute approximate surface area is 418 Å². The van der Waals surface area contributed by atoms with Crippen LogP contribution in [-0.4, -0.2) is 47.4 Å². The van der Waals surface area contributed by atoms with E-state index >= 15 is 0 Å². The first-order valence-electron chi connectivity index (χ1n) is 30.1. The quantitative estimate of drug-likeness (QED) is 0.0321. The van der Waals surface area contributed by atoms with Gasteiger partial charge >= 0.3 is 5.97 Å². The summed E-state index contributed by atoms with van der Waals surface area (Å²) in [6.07, 6.45) is 69.0. The summed E-state index contributed by atoms with van der Waals surface area (Å²) in [6, 6.07) is -0.547. The number of aliphatic hydroxyl groups is 2. The van der Waals surface area contributed by atoms with Crippen molar-refractivity contribution in [1.29, 1.82) is 0 Å². The van der Waals surface area contributed by atoms with Gasteiger partial charge in [-0.25, -0.2) is 0 Å². The highest BCUT2D eigenvalue weighted by molar-refractivity contribution is 5.76. The second-order valence-corrected chi connectivity index (χ2v) is 20.7. The number of hydrogen-bond acceptors (Lipinski definition) is 5. The van der Waals surface area contributed by atoms with Gasteiger partial charge in [-0.1, -0.05) is 282 Å². The molecule has 6 heteroatoms. The summed E-state index contributed by atoms with van der Waals surface area (Å²) in [6.45, 7) is 4.95. The molecular weight excluding hydrogens is 827 g/mol. The van der Waals surface area contributed by atoms with Crippen molar-refractivity contribution in [2.24, 2.45) is 0 Å². The van der Waals surface area contributed by atoms with Crippen LogP contribution in [0.3, 0.4) is 0 Å². The molecule has 0 heterocycles. The first-order valence-corrected chi connectivity index (χ1v) is 30.1. The van der Waals surface area contributed by atoms with Crippen molar-refractivity contribution in [3.05, 3.63) is 24.3 Å². The highest BCUT2D eigenvalue weighted by Crippen LogP contribution is 2.17. The molecule has 0 saturated heterocycles. The normalized spacial score (nSPS) is 12.7. The molecular formula is C61H117NO5. The third kappa shape index (κ3) is 53.5. The number of esters is 1. The summed E-state index contributed by atoms with van der Waals surface area (Å²) in [5.41, 5.74) is 0. The van der Waals surface area contributed by atoms with Gasteiger partial charge in [-0.3, -0.25) is 9.59 Å². The van der Waals surface area contributed by atoms with Crippen LogP contribution in [0, 0.1) is 0 Å². The average Bonchev–Trinajstić information content (AvgIpc) is 3.33. The molecule has 0 aromatic heterocycles. The van der Waals surface area contributed by atoms with E-state index in [1.807, 2.05) is 0 Å². The topological polar surface area (TPSA) is 95.9 Å². The SMILES string of the molecule is CCCCCCCCCCCCCCCCCCC(=O)OCCCCCCCCCCC/C=C\C/C=C\CCCCCCCCCC(=O)NC(CO)C(O)CCCCCCCCCCCCC. The maximum atomic E-state index is 12.4. The molecule has 6 nitrogen and oxygen atoms in total. The first kappa shape index (κ1) is 65.3. The zero-order valence-corrected chi connectivity index (χ0v) is 45.1. The average molecular weight is 945 g/mol. The minimum Gasteiger partial charge on any atom is -0.466 e. The molecule has 0 bridgehead atoms. The Balaban J connectivity index is 3.41. The highest BCUT2D eigenvalue weighted by Gasteiger charge is 2.20. The Kier molecular flexibility index (Phi) is 55.5. The van der Waals surface area contributed by atoms with E-state index in [0.29, 0.717) is 25.9 Å². The fourth-order valence-electron chi connectivity index (χ4n) is 9.38. The van der Waals surface area contributed by atoms with E-state index in [2.05, 4.69) is 43.5 Å². The number of ether oxygens (including phenoxy) is 1. The number of carbonyl (C=O) groups excluding carboxylic acids is 2. The van der Waals surface area contributed by atoms with Crippen molar-refractivity contribution in [1.82, 2.24) is 5.32 Å². The van der Waals surface area contributed by atoms with Gasteiger partial charge in [0, 0.05) is 12.8 Å². The molecule has 0 radical (unpaired) electrons. The van der Waals surface area contributed by atoms with Crippen LogP contribution in [0.2, 0.25) is 0 Å². The molecule has 396 valence electrons. The van der Waals surface area contributed by atoms with Gasteiger partial charge in [0.05, 0.1) is 25.4 Å². The van der Waals surface area contributed by atoms with Crippen LogP contribution in [-0.2, 0) is 14.3 Å². The van der Waals surface area contributed by atoms with Gasteiger partial charge in [-0.2, -0.15) is 0 Å². The van der Waals surface area contributed by atoms with Crippen LogP contribution in [0.1, 0.15) is 328 Å². The molecule has 0 aliphatic carbocycles. The number of amides is 1. The molecule has 0 aliphatic heterocycles. The number of hydrogen-bond donors (Lipinski definition) is 3. The van der Waals surface area contributed by atoms with Crippen molar-refractivity contribution in [3.8, 4) is 0 Å². The van der Waals surface area contributed by atoms with Crippen molar-refractivity contribution in [2.75, 3.05) is 13.2 Å². The molecule has 0 fully saturated rings. The molecule has 67 heavy (non-hydrogen) atoms. The summed E-state index contributed by atoms with van der Waals surface area (Å²) in [5, 5.41) is 23.2. The number of unbranched alkanes of at least 4 members (excludes halogenated alkanes) is 41. The molecule has 0 rings (SSSR count). The van der Waals surface area contributed by atoms with Gasteiger partial charge in [0.2, 0.25) is 5.91 Å². The van der Waals surface area contributed by atoms with Crippen molar-refractivity contribution < 1.29 is 24.5 Å². The monoisotopic (exact) mass is 944 g/mol. The molecule has 0 aliphatic rings. The first-order chi connectivity index (χ1) is 33.0. The van der Waals surface area contributed by atoms with Crippen LogP contribution in [0.15, 0.2) is 24.3 Å². The minimum absolute atomic E-state index is 0.0107. The van der Waals surface area contributed by atoms with Crippen molar-refractivity contribution in [2.45, 2.75) is 341 Å². The number of nitrogens with one attached hydrogen (secondary N) is 1. The molecule has 0 aromatic rings. The van der Waals surface area contributed by atoms with E-state index in [9.17, 15) is 19.8 Å². The van der Waals surface area contributed by atoms with Gasteiger partial charge in [0.25, 0.3) is 0 Å². The lowest BCUT2D eigenvalue weighted by molar-refractivity contribution is -0.143. The fourth-order valence-corrected chi connectivity index (χ4v) is 9.38.